The second kappa shape index (κ2) is 9.47. The van der Waals surface area contributed by atoms with Gasteiger partial charge in [-0.1, -0.05) is 26.2 Å². The van der Waals surface area contributed by atoms with Gasteiger partial charge in [0.15, 0.2) is 0 Å². The fourth-order valence-electron chi connectivity index (χ4n) is 3.63. The predicted octanol–water partition coefficient (Wildman–Crippen LogP) is 4.03. The SMILES string of the molecule is CCCNC(C1=CCCCO1)C(OCC)C1CCCCC1. The minimum atomic E-state index is 0.244. The van der Waals surface area contributed by atoms with Crippen LogP contribution in [0.25, 0.3) is 0 Å². The molecule has 1 fully saturated rings. The van der Waals surface area contributed by atoms with E-state index in [0.717, 1.165) is 44.8 Å². The van der Waals surface area contributed by atoms with E-state index in [4.69, 9.17) is 9.47 Å². The number of hydrogen-bond donors (Lipinski definition) is 1. The van der Waals surface area contributed by atoms with E-state index in [1.54, 1.807) is 0 Å². The van der Waals surface area contributed by atoms with Crippen LogP contribution in [0.5, 0.6) is 0 Å². The molecule has 1 aliphatic carbocycles. The normalized spacial score (nSPS) is 23.2. The molecule has 3 heteroatoms. The highest BCUT2D eigenvalue weighted by atomic mass is 16.5. The lowest BCUT2D eigenvalue weighted by Crippen LogP contribution is -2.48. The van der Waals surface area contributed by atoms with Crippen molar-refractivity contribution >= 4 is 0 Å². The second-order valence-corrected chi connectivity index (χ2v) is 6.35. The maximum Gasteiger partial charge on any atom is 0.112 e. The van der Waals surface area contributed by atoms with Gasteiger partial charge in [0.25, 0.3) is 0 Å². The Morgan fingerprint density at radius 1 is 1.24 bits per heavy atom. The van der Waals surface area contributed by atoms with Crippen molar-refractivity contribution in [1.82, 2.24) is 5.32 Å². The van der Waals surface area contributed by atoms with Gasteiger partial charge >= 0.3 is 0 Å². The molecular formula is C18H33NO2. The summed E-state index contributed by atoms with van der Waals surface area (Å²) in [5, 5.41) is 3.70. The third-order valence-electron chi connectivity index (χ3n) is 4.69. The number of ether oxygens (including phenoxy) is 2. The molecular weight excluding hydrogens is 262 g/mol. The zero-order chi connectivity index (χ0) is 14.9. The average Bonchev–Trinajstić information content (AvgIpc) is 2.56. The van der Waals surface area contributed by atoms with Gasteiger partial charge in [-0.3, -0.25) is 0 Å². The maximum absolute atomic E-state index is 6.21. The molecule has 0 amide bonds. The van der Waals surface area contributed by atoms with Crippen molar-refractivity contribution in [1.29, 1.82) is 0 Å². The summed E-state index contributed by atoms with van der Waals surface area (Å²) in [6.07, 6.45) is 12.7. The zero-order valence-electron chi connectivity index (χ0n) is 13.9. The van der Waals surface area contributed by atoms with Crippen LogP contribution in [0.3, 0.4) is 0 Å². The Hall–Kier alpha value is -0.540. The Labute approximate surface area is 130 Å². The summed E-state index contributed by atoms with van der Waals surface area (Å²) in [7, 11) is 0. The lowest BCUT2D eigenvalue weighted by molar-refractivity contribution is -0.0236. The van der Waals surface area contributed by atoms with E-state index >= 15 is 0 Å². The molecule has 1 saturated carbocycles. The first-order valence-electron chi connectivity index (χ1n) is 9.04. The van der Waals surface area contributed by atoms with Crippen molar-refractivity contribution < 1.29 is 9.47 Å². The van der Waals surface area contributed by atoms with E-state index in [0.29, 0.717) is 5.92 Å². The van der Waals surface area contributed by atoms with Gasteiger partial charge in [0.05, 0.1) is 18.8 Å². The lowest BCUT2D eigenvalue weighted by atomic mass is 9.81. The molecule has 0 aromatic carbocycles. The van der Waals surface area contributed by atoms with E-state index < -0.39 is 0 Å². The largest absolute Gasteiger partial charge is 0.496 e. The molecule has 0 spiro atoms. The molecule has 2 atom stereocenters. The molecule has 2 rings (SSSR count). The van der Waals surface area contributed by atoms with Crippen molar-refractivity contribution in [3.8, 4) is 0 Å². The summed E-state index contributed by atoms with van der Waals surface area (Å²) in [5.41, 5.74) is 0. The summed E-state index contributed by atoms with van der Waals surface area (Å²) in [5.74, 6) is 1.82. The molecule has 0 saturated heterocycles. The van der Waals surface area contributed by atoms with Crippen LogP contribution in [-0.2, 0) is 9.47 Å². The molecule has 3 nitrogen and oxygen atoms in total. The Morgan fingerprint density at radius 2 is 2.05 bits per heavy atom. The fraction of sp³-hybridized carbons (Fsp3) is 0.889. The summed E-state index contributed by atoms with van der Waals surface area (Å²) < 4.78 is 12.2. The van der Waals surface area contributed by atoms with Crippen LogP contribution >= 0.6 is 0 Å². The molecule has 1 N–H and O–H groups in total. The molecule has 0 bridgehead atoms. The van der Waals surface area contributed by atoms with E-state index in [9.17, 15) is 0 Å². The quantitative estimate of drug-likeness (QED) is 0.733. The molecule has 1 heterocycles. The monoisotopic (exact) mass is 295 g/mol. The van der Waals surface area contributed by atoms with Gasteiger partial charge < -0.3 is 14.8 Å². The van der Waals surface area contributed by atoms with E-state index in [1.165, 1.54) is 32.1 Å². The first kappa shape index (κ1) is 16.8. The molecule has 0 aromatic rings. The Kier molecular flexibility index (Phi) is 7.59. The summed E-state index contributed by atoms with van der Waals surface area (Å²) in [6, 6.07) is 0.244. The lowest BCUT2D eigenvalue weighted by Gasteiger charge is -2.37. The third-order valence-corrected chi connectivity index (χ3v) is 4.69. The van der Waals surface area contributed by atoms with Crippen LogP contribution < -0.4 is 5.32 Å². The molecule has 2 unspecified atom stereocenters. The minimum absolute atomic E-state index is 0.244. The first-order chi connectivity index (χ1) is 10.4. The highest BCUT2D eigenvalue weighted by Gasteiger charge is 2.34. The van der Waals surface area contributed by atoms with Crippen molar-refractivity contribution in [3.63, 3.8) is 0 Å². The van der Waals surface area contributed by atoms with E-state index in [2.05, 4.69) is 25.2 Å². The van der Waals surface area contributed by atoms with Crippen LogP contribution in [-0.4, -0.2) is 31.9 Å². The Balaban J connectivity index is 2.10. The number of hydrogen-bond acceptors (Lipinski definition) is 3. The van der Waals surface area contributed by atoms with Crippen LogP contribution in [0.4, 0.5) is 0 Å². The number of nitrogens with one attached hydrogen (secondary N) is 1. The van der Waals surface area contributed by atoms with Crippen LogP contribution in [0, 0.1) is 5.92 Å². The van der Waals surface area contributed by atoms with Crippen molar-refractivity contribution in [3.05, 3.63) is 11.8 Å². The average molecular weight is 295 g/mol. The highest BCUT2D eigenvalue weighted by Crippen LogP contribution is 2.32. The van der Waals surface area contributed by atoms with Crippen molar-refractivity contribution in [2.75, 3.05) is 19.8 Å². The van der Waals surface area contributed by atoms with Gasteiger partial charge in [0.2, 0.25) is 0 Å². The van der Waals surface area contributed by atoms with Gasteiger partial charge in [0, 0.05) is 6.61 Å². The molecule has 21 heavy (non-hydrogen) atoms. The standard InChI is InChI=1S/C18H33NO2/c1-3-13-19-17(16-12-8-9-14-21-16)18(20-4-2)15-10-6-5-7-11-15/h12,15,17-19H,3-11,13-14H2,1-2H3. The van der Waals surface area contributed by atoms with Gasteiger partial charge in [-0.2, -0.15) is 0 Å². The summed E-state index contributed by atoms with van der Waals surface area (Å²) in [4.78, 5) is 0. The number of allylic oxidation sites excluding steroid dienone is 1. The summed E-state index contributed by atoms with van der Waals surface area (Å²) >= 11 is 0. The van der Waals surface area contributed by atoms with Gasteiger partial charge in [-0.15, -0.1) is 0 Å². The zero-order valence-corrected chi connectivity index (χ0v) is 13.9. The summed E-state index contributed by atoms with van der Waals surface area (Å²) in [6.45, 7) is 7.01. The van der Waals surface area contributed by atoms with Gasteiger partial charge in [0.1, 0.15) is 5.76 Å². The van der Waals surface area contributed by atoms with E-state index in [-0.39, 0.29) is 12.1 Å². The minimum Gasteiger partial charge on any atom is -0.496 e. The smallest absolute Gasteiger partial charge is 0.112 e. The Morgan fingerprint density at radius 3 is 2.67 bits per heavy atom. The van der Waals surface area contributed by atoms with Crippen LogP contribution in [0.1, 0.15) is 65.2 Å². The maximum atomic E-state index is 6.21. The molecule has 0 aromatic heterocycles. The highest BCUT2D eigenvalue weighted by molar-refractivity contribution is 5.10. The molecule has 1 aliphatic heterocycles. The number of rotatable bonds is 8. The molecule has 0 radical (unpaired) electrons. The molecule has 122 valence electrons. The van der Waals surface area contributed by atoms with Gasteiger partial charge in [-0.05, 0) is 57.6 Å². The third kappa shape index (κ3) is 5.00. The Bertz CT molecular complexity index is 310. The first-order valence-corrected chi connectivity index (χ1v) is 9.04. The predicted molar refractivity (Wildman–Crippen MR) is 87.3 cm³/mol. The van der Waals surface area contributed by atoms with Gasteiger partial charge in [-0.25, -0.2) is 0 Å². The second-order valence-electron chi connectivity index (χ2n) is 6.35. The van der Waals surface area contributed by atoms with Crippen molar-refractivity contribution in [2.24, 2.45) is 5.92 Å². The molecule has 2 aliphatic rings. The fourth-order valence-corrected chi connectivity index (χ4v) is 3.63. The van der Waals surface area contributed by atoms with Crippen molar-refractivity contribution in [2.45, 2.75) is 77.4 Å². The van der Waals surface area contributed by atoms with Crippen LogP contribution in [0.2, 0.25) is 0 Å². The van der Waals surface area contributed by atoms with Crippen LogP contribution in [0.15, 0.2) is 11.8 Å². The topological polar surface area (TPSA) is 30.5 Å². The van der Waals surface area contributed by atoms with E-state index in [1.807, 2.05) is 0 Å².